The van der Waals surface area contributed by atoms with Crippen molar-refractivity contribution in [3.8, 4) is 0 Å². The van der Waals surface area contributed by atoms with Gasteiger partial charge in [0, 0.05) is 23.9 Å². The zero-order valence-electron chi connectivity index (χ0n) is 7.04. The molecular formula is C8H10N4O. The van der Waals surface area contributed by atoms with E-state index in [1.807, 2.05) is 0 Å². The molecular weight excluding hydrogens is 168 g/mol. The van der Waals surface area contributed by atoms with Gasteiger partial charge in [-0.1, -0.05) is 11.2 Å². The number of pyridine rings is 1. The second-order valence-corrected chi connectivity index (χ2v) is 2.55. The Kier molecular flexibility index (Phi) is 3.75. The fourth-order valence-corrected chi connectivity index (χ4v) is 0.964. The lowest BCUT2D eigenvalue weighted by molar-refractivity contribution is 0.170. The smallest absolute Gasteiger partial charge is 0.0806 e. The highest BCUT2D eigenvalue weighted by Crippen LogP contribution is 2.14. The SMILES string of the molecule is [N-]=[N+]=NCCC(O)c1cccnc1. The van der Waals surface area contributed by atoms with E-state index in [4.69, 9.17) is 5.53 Å². The van der Waals surface area contributed by atoms with Crippen LogP contribution < -0.4 is 0 Å². The Morgan fingerprint density at radius 3 is 3.15 bits per heavy atom. The fourth-order valence-electron chi connectivity index (χ4n) is 0.964. The highest BCUT2D eigenvalue weighted by Gasteiger charge is 2.05. The van der Waals surface area contributed by atoms with E-state index >= 15 is 0 Å². The van der Waals surface area contributed by atoms with Crippen LogP contribution in [0.1, 0.15) is 18.1 Å². The molecule has 0 radical (unpaired) electrons. The average molecular weight is 178 g/mol. The van der Waals surface area contributed by atoms with Gasteiger partial charge in [0.2, 0.25) is 0 Å². The van der Waals surface area contributed by atoms with Crippen LogP contribution >= 0.6 is 0 Å². The van der Waals surface area contributed by atoms with E-state index in [1.54, 1.807) is 24.5 Å². The molecule has 1 aromatic rings. The molecule has 1 N–H and O–H groups in total. The summed E-state index contributed by atoms with van der Waals surface area (Å²) in [6.45, 7) is 0.298. The maximum absolute atomic E-state index is 9.52. The number of aliphatic hydroxyl groups excluding tert-OH is 1. The van der Waals surface area contributed by atoms with Crippen LogP contribution in [0.3, 0.4) is 0 Å². The molecule has 5 heteroatoms. The summed E-state index contributed by atoms with van der Waals surface area (Å²) in [7, 11) is 0. The molecule has 0 aliphatic rings. The minimum atomic E-state index is -0.598. The third-order valence-electron chi connectivity index (χ3n) is 1.63. The second-order valence-electron chi connectivity index (χ2n) is 2.55. The molecule has 0 saturated heterocycles. The number of hydrogen-bond donors (Lipinski definition) is 1. The zero-order chi connectivity index (χ0) is 9.52. The quantitative estimate of drug-likeness (QED) is 0.433. The predicted octanol–water partition coefficient (Wildman–Crippen LogP) is 1.82. The van der Waals surface area contributed by atoms with Crippen molar-refractivity contribution < 1.29 is 5.11 Å². The third-order valence-corrected chi connectivity index (χ3v) is 1.63. The molecule has 13 heavy (non-hydrogen) atoms. The molecule has 0 aromatic carbocycles. The lowest BCUT2D eigenvalue weighted by atomic mass is 10.1. The number of hydrogen-bond acceptors (Lipinski definition) is 3. The average Bonchev–Trinajstić information content (AvgIpc) is 2.19. The molecule has 5 nitrogen and oxygen atoms in total. The summed E-state index contributed by atoms with van der Waals surface area (Å²) in [4.78, 5) is 6.47. The number of azide groups is 1. The molecule has 68 valence electrons. The van der Waals surface area contributed by atoms with Crippen molar-refractivity contribution in [1.29, 1.82) is 0 Å². The lowest BCUT2D eigenvalue weighted by Gasteiger charge is -2.07. The van der Waals surface area contributed by atoms with E-state index in [-0.39, 0.29) is 0 Å². The summed E-state index contributed by atoms with van der Waals surface area (Å²) in [5, 5.41) is 12.9. The largest absolute Gasteiger partial charge is 0.388 e. The number of aromatic nitrogens is 1. The van der Waals surface area contributed by atoms with Gasteiger partial charge in [0.1, 0.15) is 0 Å². The van der Waals surface area contributed by atoms with Crippen molar-refractivity contribution in [3.63, 3.8) is 0 Å². The van der Waals surface area contributed by atoms with Crippen LogP contribution in [0.5, 0.6) is 0 Å². The van der Waals surface area contributed by atoms with Gasteiger partial charge in [0.05, 0.1) is 6.10 Å². The summed E-state index contributed by atoms with van der Waals surface area (Å²) in [5.41, 5.74) is 8.76. The molecule has 0 aliphatic carbocycles. The Morgan fingerprint density at radius 2 is 2.54 bits per heavy atom. The predicted molar refractivity (Wildman–Crippen MR) is 47.8 cm³/mol. The summed E-state index contributed by atoms with van der Waals surface area (Å²) in [6, 6.07) is 3.54. The molecule has 0 bridgehead atoms. The van der Waals surface area contributed by atoms with Crippen molar-refractivity contribution in [2.24, 2.45) is 5.11 Å². The van der Waals surface area contributed by atoms with Gasteiger partial charge in [-0.15, -0.1) is 0 Å². The third kappa shape index (κ3) is 3.11. The first-order valence-corrected chi connectivity index (χ1v) is 3.93. The molecule has 1 aromatic heterocycles. The summed E-state index contributed by atoms with van der Waals surface area (Å²) in [5.74, 6) is 0. The molecule has 1 atom stereocenters. The van der Waals surface area contributed by atoms with Gasteiger partial charge >= 0.3 is 0 Å². The number of nitrogens with zero attached hydrogens (tertiary/aromatic N) is 4. The Bertz CT molecular complexity index is 294. The normalized spacial score (nSPS) is 11.8. The maximum atomic E-state index is 9.52. The summed E-state index contributed by atoms with van der Waals surface area (Å²) < 4.78 is 0. The standard InChI is InChI=1S/C8H10N4O/c9-12-11-5-3-8(13)7-2-1-4-10-6-7/h1-2,4,6,8,13H,3,5H2. The molecule has 1 rings (SSSR count). The van der Waals surface area contributed by atoms with Crippen molar-refractivity contribution in [3.05, 3.63) is 40.5 Å². The van der Waals surface area contributed by atoms with Gasteiger partial charge in [-0.05, 0) is 23.6 Å². The minimum absolute atomic E-state index is 0.298. The molecule has 0 amide bonds. The lowest BCUT2D eigenvalue weighted by Crippen LogP contribution is -1.99. The van der Waals surface area contributed by atoms with E-state index < -0.39 is 6.10 Å². The Labute approximate surface area is 75.7 Å². The van der Waals surface area contributed by atoms with E-state index in [0.29, 0.717) is 13.0 Å². The molecule has 0 aliphatic heterocycles. The van der Waals surface area contributed by atoms with Crippen LogP contribution in [-0.4, -0.2) is 16.6 Å². The van der Waals surface area contributed by atoms with E-state index in [1.165, 1.54) is 0 Å². The highest BCUT2D eigenvalue weighted by atomic mass is 16.3. The molecule has 0 spiro atoms. The summed E-state index contributed by atoms with van der Waals surface area (Å²) in [6.07, 6.45) is 3.07. The van der Waals surface area contributed by atoms with Crippen LogP contribution in [0, 0.1) is 0 Å². The van der Waals surface area contributed by atoms with E-state index in [9.17, 15) is 5.11 Å². The van der Waals surface area contributed by atoms with E-state index in [2.05, 4.69) is 15.0 Å². The number of rotatable bonds is 4. The molecule has 0 saturated carbocycles. The van der Waals surface area contributed by atoms with Crippen molar-refractivity contribution in [1.82, 2.24) is 4.98 Å². The first-order chi connectivity index (χ1) is 6.34. The molecule has 1 heterocycles. The number of aliphatic hydroxyl groups is 1. The van der Waals surface area contributed by atoms with Crippen molar-refractivity contribution in [2.75, 3.05) is 6.54 Å². The molecule has 1 unspecified atom stereocenters. The molecule has 0 fully saturated rings. The Balaban J connectivity index is 2.48. The summed E-state index contributed by atoms with van der Waals surface area (Å²) >= 11 is 0. The minimum Gasteiger partial charge on any atom is -0.388 e. The van der Waals surface area contributed by atoms with Gasteiger partial charge in [-0.25, -0.2) is 0 Å². The Morgan fingerprint density at radius 1 is 1.69 bits per heavy atom. The van der Waals surface area contributed by atoms with Gasteiger partial charge in [0.25, 0.3) is 0 Å². The Hall–Kier alpha value is -1.58. The van der Waals surface area contributed by atoms with Crippen LogP contribution in [0.15, 0.2) is 29.6 Å². The van der Waals surface area contributed by atoms with Crippen molar-refractivity contribution in [2.45, 2.75) is 12.5 Å². The van der Waals surface area contributed by atoms with Gasteiger partial charge in [-0.3, -0.25) is 4.98 Å². The zero-order valence-corrected chi connectivity index (χ0v) is 7.04. The topological polar surface area (TPSA) is 81.9 Å². The van der Waals surface area contributed by atoms with E-state index in [0.717, 1.165) is 5.56 Å². The van der Waals surface area contributed by atoms with Crippen LogP contribution in [0.2, 0.25) is 0 Å². The second kappa shape index (κ2) is 5.13. The monoisotopic (exact) mass is 178 g/mol. The highest BCUT2D eigenvalue weighted by molar-refractivity contribution is 5.11. The van der Waals surface area contributed by atoms with Crippen LogP contribution in [0.25, 0.3) is 10.4 Å². The van der Waals surface area contributed by atoms with Crippen molar-refractivity contribution >= 4 is 0 Å². The fraction of sp³-hybridized carbons (Fsp3) is 0.375. The first kappa shape index (κ1) is 9.51. The van der Waals surface area contributed by atoms with Gasteiger partial charge in [-0.2, -0.15) is 0 Å². The first-order valence-electron chi connectivity index (χ1n) is 3.93. The van der Waals surface area contributed by atoms with Crippen LogP contribution in [-0.2, 0) is 0 Å². The van der Waals surface area contributed by atoms with Gasteiger partial charge in [0.15, 0.2) is 0 Å². The van der Waals surface area contributed by atoms with Crippen LogP contribution in [0.4, 0.5) is 0 Å². The van der Waals surface area contributed by atoms with Gasteiger partial charge < -0.3 is 5.11 Å². The maximum Gasteiger partial charge on any atom is 0.0806 e.